The lowest BCUT2D eigenvalue weighted by atomic mass is 9.88. The van der Waals surface area contributed by atoms with Crippen LogP contribution < -0.4 is 37.9 Å². The topological polar surface area (TPSA) is 126 Å². The molecule has 15 nitrogen and oxygen atoms in total. The van der Waals surface area contributed by atoms with Crippen LogP contribution in [0.5, 0.6) is 46.0 Å². The van der Waals surface area contributed by atoms with Crippen molar-refractivity contribution in [3.05, 3.63) is 453 Å². The van der Waals surface area contributed by atoms with Crippen LogP contribution in [0, 0.1) is 0 Å². The molecule has 0 aliphatic carbocycles. The minimum atomic E-state index is 0.430. The van der Waals surface area contributed by atoms with Gasteiger partial charge in [0.05, 0.1) is 110 Å². The lowest BCUT2D eigenvalue weighted by Crippen LogP contribution is -2.23. The smallest absolute Gasteiger partial charge is 0.119 e. The molecule has 14 rings (SSSR count). The lowest BCUT2D eigenvalue weighted by molar-refractivity contribution is -0.00978. The quantitative estimate of drug-likeness (QED) is 0.0265. The van der Waals surface area contributed by atoms with E-state index in [1.165, 1.54) is 39.0 Å². The number of ether oxygens (including phenoxy) is 13. The fourth-order valence-corrected chi connectivity index (χ4v) is 16.3. The summed E-state index contributed by atoms with van der Waals surface area (Å²) >= 11 is 27.1. The van der Waals surface area contributed by atoms with E-state index >= 15 is 0 Å². The monoisotopic (exact) mass is 2010 g/mol. The number of nitrogens with zero attached hydrogens (tertiary/aromatic N) is 2. The second kappa shape index (κ2) is 63.9. The number of halogens is 4. The summed E-state index contributed by atoms with van der Waals surface area (Å²) in [4.78, 5) is 4.35. The van der Waals surface area contributed by atoms with Gasteiger partial charge in [-0.25, -0.2) is 0 Å². The molecule has 0 aliphatic heterocycles. The summed E-state index contributed by atoms with van der Waals surface area (Å²) in [6.45, 7) is 18.0. The van der Waals surface area contributed by atoms with E-state index in [1.807, 2.05) is 212 Å². The molecule has 0 aromatic heterocycles. The van der Waals surface area contributed by atoms with Crippen LogP contribution in [0.4, 0.5) is 0 Å². The molecule has 0 fully saturated rings. The zero-order valence-corrected chi connectivity index (χ0v) is 88.2. The number of benzene rings is 14. The van der Waals surface area contributed by atoms with E-state index in [9.17, 15) is 0 Å². The lowest BCUT2D eigenvalue weighted by Gasteiger charge is -2.17. The molecule has 14 aromatic carbocycles. The molecule has 19 heteroatoms. The van der Waals surface area contributed by atoms with Gasteiger partial charge in [-0.1, -0.05) is 305 Å². The van der Waals surface area contributed by atoms with Crippen LogP contribution in [0.1, 0.15) is 123 Å². The van der Waals surface area contributed by atoms with E-state index in [1.54, 1.807) is 42.7 Å². The van der Waals surface area contributed by atoms with Crippen molar-refractivity contribution in [2.45, 2.75) is 47.0 Å². The maximum absolute atomic E-state index is 6.99. The number of rotatable bonds is 47. The van der Waals surface area contributed by atoms with Crippen LogP contribution in [0.2, 0.25) is 0 Å². The zero-order chi connectivity index (χ0) is 102. The molecule has 0 saturated carbocycles. The predicted molar refractivity (Wildman–Crippen MR) is 600 cm³/mol. The van der Waals surface area contributed by atoms with Gasteiger partial charge in [0.1, 0.15) is 65.8 Å². The van der Waals surface area contributed by atoms with Crippen LogP contribution in [-0.4, -0.2) is 173 Å². The average molecular weight is 2020 g/mol. The molecule has 0 atom stereocenters. The fraction of sp³-hybridized carbons (Fsp3) is 0.248. The predicted octanol–water partition coefficient (Wildman–Crippen LogP) is 29.5. The molecule has 0 amide bonds. The molecule has 0 spiro atoms. The Morgan fingerprint density at radius 1 is 0.243 bits per heavy atom. The first-order valence-electron chi connectivity index (χ1n) is 48.7. The largest absolute Gasteiger partial charge is 0.497 e. The van der Waals surface area contributed by atoms with E-state index in [-0.39, 0.29) is 0 Å². The molecule has 0 saturated heterocycles. The van der Waals surface area contributed by atoms with Gasteiger partial charge in [-0.05, 0) is 287 Å². The Labute approximate surface area is 874 Å². The molecule has 0 N–H and O–H groups in total. The Morgan fingerprint density at radius 2 is 0.493 bits per heavy atom. The molecule has 14 aromatic rings. The minimum Gasteiger partial charge on any atom is -0.497 e. The first kappa shape index (κ1) is 113. The third kappa shape index (κ3) is 37.3. The second-order valence-electron chi connectivity index (χ2n) is 33.3. The van der Waals surface area contributed by atoms with Gasteiger partial charge in [0.25, 0.3) is 0 Å². The molecule has 0 unspecified atom stereocenters. The van der Waals surface area contributed by atoms with Gasteiger partial charge in [0.15, 0.2) is 0 Å². The minimum absolute atomic E-state index is 0.430. The molecule has 0 aliphatic rings. The Balaban J connectivity index is 0.000000189. The fourth-order valence-electron chi connectivity index (χ4n) is 15.0. The van der Waals surface area contributed by atoms with Gasteiger partial charge in [-0.2, -0.15) is 0 Å². The normalized spacial score (nSPS) is 11.8. The summed E-state index contributed by atoms with van der Waals surface area (Å²) in [6.07, 6.45) is 5.00. The van der Waals surface area contributed by atoms with Crippen molar-refractivity contribution in [2.75, 3.05) is 163 Å². The summed E-state index contributed by atoms with van der Waals surface area (Å²) in [5.74, 6) is 6.54. The van der Waals surface area contributed by atoms with E-state index in [4.69, 9.17) is 108 Å². The van der Waals surface area contributed by atoms with Crippen LogP contribution in [0.3, 0.4) is 0 Å². The number of hydrogen-bond acceptors (Lipinski definition) is 15. The zero-order valence-electron chi connectivity index (χ0n) is 85.2. The third-order valence-electron chi connectivity index (χ3n) is 23.3. The van der Waals surface area contributed by atoms with Gasteiger partial charge >= 0.3 is 0 Å². The number of likely N-dealkylation sites (N-methyl/N-ethyl adjacent to an activating group) is 2. The Kier molecular flexibility index (Phi) is 50.2. The van der Waals surface area contributed by atoms with Crippen LogP contribution in [-0.2, 0) is 36.5 Å². The highest BCUT2D eigenvalue weighted by Gasteiger charge is 2.20. The number of methoxy groups -OCH3 is 6. The Morgan fingerprint density at radius 3 is 0.806 bits per heavy atom. The van der Waals surface area contributed by atoms with Crippen LogP contribution in [0.15, 0.2) is 364 Å². The van der Waals surface area contributed by atoms with Gasteiger partial charge in [0, 0.05) is 42.0 Å². The molecule has 144 heavy (non-hydrogen) atoms. The molecular formula is C125H136Cl4N2O13. The van der Waals surface area contributed by atoms with Crippen molar-refractivity contribution in [3.8, 4) is 46.0 Å². The van der Waals surface area contributed by atoms with E-state index in [0.717, 1.165) is 173 Å². The van der Waals surface area contributed by atoms with E-state index in [2.05, 4.69) is 216 Å². The highest BCUT2D eigenvalue weighted by atomic mass is 35.5. The SMILES string of the molecule is CC/C(=C(\c1ccccc1)c1ccc(OCCN(C)C)cc1)c1ccccc1.CCN(C)CCOc1ccc(/C(=C(/Cl)c2ccccc2)c2ccccc2)cc1.CCc1ccc(/C(=C(\Cl)c2ccc(OC)cc2)c2ccc(OC)cc2)cc1.CCc1ccc(/C=C(\Cl)c2ccc(OC)cc2)cc1.COCCOCCOCCOCCOCCOc1ccc(/C(=C(/Cl)c2ccc(OC)cc2)c2ccc(OC)cc2)cc1. The highest BCUT2D eigenvalue weighted by Crippen LogP contribution is 2.42. The van der Waals surface area contributed by atoms with Crippen molar-refractivity contribution in [2.24, 2.45) is 0 Å². The average Bonchev–Trinajstić information content (AvgIpc) is 0.808. The summed E-state index contributed by atoms with van der Waals surface area (Å²) in [6, 6.07) is 122. The number of aryl methyl sites for hydroxylation is 2. The van der Waals surface area contributed by atoms with Gasteiger partial charge in [0.2, 0.25) is 0 Å². The first-order chi connectivity index (χ1) is 70.4. The van der Waals surface area contributed by atoms with E-state index < -0.39 is 0 Å². The number of hydrogen-bond donors (Lipinski definition) is 0. The Hall–Kier alpha value is -12.9. The van der Waals surface area contributed by atoms with E-state index in [0.29, 0.717) is 89.3 Å². The second-order valence-corrected chi connectivity index (χ2v) is 34.8. The molecule has 0 radical (unpaired) electrons. The summed E-state index contributed by atoms with van der Waals surface area (Å²) in [7, 11) is 16.1. The molecule has 0 bridgehead atoms. The maximum Gasteiger partial charge on any atom is 0.119 e. The van der Waals surface area contributed by atoms with Crippen molar-refractivity contribution in [1.29, 1.82) is 0 Å². The van der Waals surface area contributed by atoms with Gasteiger partial charge in [-0.15, -0.1) is 0 Å². The summed E-state index contributed by atoms with van der Waals surface area (Å²) in [5.41, 5.74) is 23.1. The molecular weight excluding hydrogens is 1880 g/mol. The number of allylic oxidation sites excluding steroid dienone is 1. The molecule has 752 valence electrons. The highest BCUT2D eigenvalue weighted by molar-refractivity contribution is 6.54. The Bertz CT molecular complexity index is 6110. The van der Waals surface area contributed by atoms with Crippen molar-refractivity contribution >= 4 is 100 Å². The van der Waals surface area contributed by atoms with Gasteiger partial charge < -0.3 is 71.4 Å². The van der Waals surface area contributed by atoms with Gasteiger partial charge in [-0.3, -0.25) is 0 Å². The third-order valence-corrected chi connectivity index (χ3v) is 24.8. The summed E-state index contributed by atoms with van der Waals surface area (Å²) in [5, 5.41) is 2.80. The molecule has 0 heterocycles. The van der Waals surface area contributed by atoms with Crippen molar-refractivity contribution in [1.82, 2.24) is 9.80 Å². The van der Waals surface area contributed by atoms with Crippen LogP contribution >= 0.6 is 46.4 Å². The standard InChI is InChI=1S/C33H41ClO8.C26H29NO.C25H26ClNO.C24H23ClO2.C17H17ClO/c1-35-16-17-38-18-19-39-20-21-40-22-23-41-24-25-42-31-14-6-27(7-15-31)32(26-4-10-29(36-2)11-5-26)33(34)28-8-12-30(37-3)13-9-28;1-4-25(21-11-7-5-8-12-21)26(22-13-9-6-10-14-22)23-15-17-24(18-16-23)28-20-19-27(2)3;1-3-27(2)18-19-28-23-16-14-21(15-17-23)24(20-10-6-4-7-11-20)25(26)22-12-8-5-9-13-22;1-4-17-5-7-18(8-6-17)23(19-9-13-21(26-2)14-10-19)24(25)20-11-15-22(27-3)16-12-20;1-3-13-4-6-14(7-5-13)12-17(18)15-8-10-16(19-2)11-9-15/h4-15H,16-25H2,1-3H3;5-18H,4,19-20H2,1-3H3;4-17H,3,18-19H2,1-2H3;5-16H,4H2,1-3H3;4-12H,3H2,1-2H3/b33-32+;26-25-;25-24+;24-23+;17-12-. The van der Waals surface area contributed by atoms with Crippen molar-refractivity contribution < 1.29 is 61.6 Å². The summed E-state index contributed by atoms with van der Waals surface area (Å²) < 4.78 is 70.7. The van der Waals surface area contributed by atoms with Crippen molar-refractivity contribution in [3.63, 3.8) is 0 Å². The van der Waals surface area contributed by atoms with Crippen LogP contribution in [0.25, 0.3) is 54.1 Å². The maximum atomic E-state index is 6.99. The first-order valence-corrected chi connectivity index (χ1v) is 50.2.